The molecular weight excluding hydrogens is 627 g/mol. The van der Waals surface area contributed by atoms with Gasteiger partial charge in [-0.1, -0.05) is 140 Å². The van der Waals surface area contributed by atoms with Crippen LogP contribution in [0.25, 0.3) is 92.7 Å². The van der Waals surface area contributed by atoms with E-state index in [1.807, 2.05) is 35.6 Å². The van der Waals surface area contributed by atoms with Crippen LogP contribution in [-0.4, -0.2) is 14.5 Å². The summed E-state index contributed by atoms with van der Waals surface area (Å²) < 4.78 is 5.06. The highest BCUT2D eigenvalue weighted by atomic mass is 32.1. The Hall–Kier alpha value is -6.36. The number of rotatable bonds is 5. The summed E-state index contributed by atoms with van der Waals surface area (Å²) >= 11 is 1.88. The molecule has 4 heteroatoms. The summed E-state index contributed by atoms with van der Waals surface area (Å²) in [5, 5.41) is 5.11. The zero-order valence-corrected chi connectivity index (χ0v) is 27.8. The molecule has 0 aliphatic rings. The van der Waals surface area contributed by atoms with E-state index in [9.17, 15) is 0 Å². The number of hydrogen-bond acceptors (Lipinski definition) is 3. The van der Waals surface area contributed by atoms with Crippen LogP contribution in [0.5, 0.6) is 0 Å². The highest BCUT2D eigenvalue weighted by Crippen LogP contribution is 2.44. The third-order valence-corrected chi connectivity index (χ3v) is 10.8. The first-order valence-corrected chi connectivity index (χ1v) is 17.6. The molecule has 0 bridgehead atoms. The molecule has 0 atom stereocenters. The molecule has 0 unspecified atom stereocenters. The Morgan fingerprint density at radius 1 is 0.400 bits per heavy atom. The van der Waals surface area contributed by atoms with Crippen molar-refractivity contribution >= 4 is 53.3 Å². The molecule has 7 aromatic carbocycles. The number of nitrogens with zero attached hydrogens (tertiary/aromatic N) is 3. The van der Waals surface area contributed by atoms with Crippen molar-refractivity contribution in [2.45, 2.75) is 0 Å². The van der Waals surface area contributed by atoms with Crippen LogP contribution in [-0.2, 0) is 0 Å². The molecule has 0 aliphatic carbocycles. The molecule has 10 rings (SSSR count). The monoisotopic (exact) mass is 655 g/mol. The summed E-state index contributed by atoms with van der Waals surface area (Å²) in [5.74, 6) is 0.717. The zero-order chi connectivity index (χ0) is 33.0. The first-order chi connectivity index (χ1) is 24.8. The van der Waals surface area contributed by atoms with E-state index in [4.69, 9.17) is 9.97 Å². The first kappa shape index (κ1) is 28.6. The molecule has 0 amide bonds. The first-order valence-electron chi connectivity index (χ1n) is 16.8. The normalized spacial score (nSPS) is 11.6. The van der Waals surface area contributed by atoms with E-state index in [2.05, 4.69) is 156 Å². The number of thiophene rings is 1. The average molecular weight is 656 g/mol. The van der Waals surface area contributed by atoms with Crippen LogP contribution in [0.3, 0.4) is 0 Å². The van der Waals surface area contributed by atoms with Gasteiger partial charge in [0.05, 0.1) is 27.1 Å². The van der Waals surface area contributed by atoms with Crippen LogP contribution < -0.4 is 0 Å². The standard InChI is InChI=1S/C46H29N3S/c1-4-12-30(13-5-1)34-22-27-42-39(28-34)37-25-26-38-36-18-10-11-19-43(36)50-45(38)44(37)49(42)35-23-20-32(21-24-35)41-29-40(31-14-6-2-7-15-31)47-46(48-41)33-16-8-3-9-17-33/h1-29H. The van der Waals surface area contributed by atoms with Crippen molar-refractivity contribution in [3.8, 4) is 50.7 Å². The fourth-order valence-corrected chi connectivity index (χ4v) is 8.45. The Kier molecular flexibility index (Phi) is 6.68. The Bertz CT molecular complexity index is 2780. The van der Waals surface area contributed by atoms with Crippen LogP contribution in [0, 0.1) is 0 Å². The van der Waals surface area contributed by atoms with Gasteiger partial charge in [0.1, 0.15) is 0 Å². The van der Waals surface area contributed by atoms with Gasteiger partial charge in [-0.3, -0.25) is 0 Å². The van der Waals surface area contributed by atoms with E-state index < -0.39 is 0 Å². The van der Waals surface area contributed by atoms with E-state index in [-0.39, 0.29) is 0 Å². The van der Waals surface area contributed by atoms with Crippen molar-refractivity contribution in [2.75, 3.05) is 0 Å². The van der Waals surface area contributed by atoms with Crippen LogP contribution in [0.2, 0.25) is 0 Å². The third kappa shape index (κ3) is 4.73. The van der Waals surface area contributed by atoms with Gasteiger partial charge in [-0.15, -0.1) is 11.3 Å². The predicted octanol–water partition coefficient (Wildman–Crippen LogP) is 12.6. The van der Waals surface area contributed by atoms with Gasteiger partial charge >= 0.3 is 0 Å². The van der Waals surface area contributed by atoms with Gasteiger partial charge in [0, 0.05) is 48.6 Å². The maximum atomic E-state index is 5.08. The molecule has 0 fully saturated rings. The second kappa shape index (κ2) is 11.7. The van der Waals surface area contributed by atoms with E-state index in [0.29, 0.717) is 0 Å². The van der Waals surface area contributed by atoms with Crippen LogP contribution in [0.1, 0.15) is 0 Å². The molecule has 0 saturated heterocycles. The molecule has 3 heterocycles. The molecule has 0 saturated carbocycles. The lowest BCUT2D eigenvalue weighted by molar-refractivity contribution is 1.17. The van der Waals surface area contributed by atoms with Crippen molar-refractivity contribution in [1.82, 2.24) is 14.5 Å². The SMILES string of the molecule is c1ccc(-c2ccc3c(c2)c2ccc4c5ccccc5sc4c2n3-c2ccc(-c3cc(-c4ccccc4)nc(-c4ccccc4)n3)cc2)cc1. The lowest BCUT2D eigenvalue weighted by Crippen LogP contribution is -1.97. The fraction of sp³-hybridized carbons (Fsp3) is 0. The summed E-state index contributed by atoms with van der Waals surface area (Å²) in [6.07, 6.45) is 0. The minimum Gasteiger partial charge on any atom is -0.308 e. The second-order valence-electron chi connectivity index (χ2n) is 12.6. The molecule has 3 aromatic heterocycles. The summed E-state index contributed by atoms with van der Waals surface area (Å²) in [6, 6.07) is 62.4. The lowest BCUT2D eigenvalue weighted by atomic mass is 10.0. The average Bonchev–Trinajstić information content (AvgIpc) is 3.74. The van der Waals surface area contributed by atoms with Crippen LogP contribution in [0.15, 0.2) is 176 Å². The topological polar surface area (TPSA) is 30.7 Å². The highest BCUT2D eigenvalue weighted by molar-refractivity contribution is 7.26. The molecule has 0 N–H and O–H groups in total. The predicted molar refractivity (Wildman–Crippen MR) is 211 cm³/mol. The molecule has 10 aromatic rings. The Labute approximate surface area is 293 Å². The summed E-state index contributed by atoms with van der Waals surface area (Å²) in [7, 11) is 0. The van der Waals surface area contributed by atoms with Crippen molar-refractivity contribution in [2.24, 2.45) is 0 Å². The summed E-state index contributed by atoms with van der Waals surface area (Å²) in [4.78, 5) is 10.1. The van der Waals surface area contributed by atoms with Crippen molar-refractivity contribution in [1.29, 1.82) is 0 Å². The maximum absolute atomic E-state index is 5.08. The van der Waals surface area contributed by atoms with Gasteiger partial charge in [-0.2, -0.15) is 0 Å². The van der Waals surface area contributed by atoms with Gasteiger partial charge < -0.3 is 4.57 Å². The molecule has 0 aliphatic heterocycles. The van der Waals surface area contributed by atoms with E-state index in [1.165, 1.54) is 53.1 Å². The molecular formula is C46H29N3S. The Balaban J connectivity index is 1.17. The van der Waals surface area contributed by atoms with Crippen molar-refractivity contribution in [3.05, 3.63) is 176 Å². The number of fused-ring (bicyclic) bond motifs is 7. The number of hydrogen-bond donors (Lipinski definition) is 0. The van der Waals surface area contributed by atoms with E-state index >= 15 is 0 Å². The highest BCUT2D eigenvalue weighted by Gasteiger charge is 2.19. The molecule has 0 spiro atoms. The van der Waals surface area contributed by atoms with Gasteiger partial charge in [0.2, 0.25) is 0 Å². The Morgan fingerprint density at radius 3 is 1.70 bits per heavy atom. The van der Waals surface area contributed by atoms with E-state index in [0.717, 1.165) is 39.6 Å². The lowest BCUT2D eigenvalue weighted by Gasteiger charge is -2.12. The van der Waals surface area contributed by atoms with Gasteiger partial charge in [0.15, 0.2) is 5.82 Å². The quantitative estimate of drug-likeness (QED) is 0.185. The largest absolute Gasteiger partial charge is 0.308 e. The fourth-order valence-electron chi connectivity index (χ4n) is 7.21. The van der Waals surface area contributed by atoms with E-state index in [1.54, 1.807) is 0 Å². The summed E-state index contributed by atoms with van der Waals surface area (Å²) in [5.41, 5.74) is 10.9. The van der Waals surface area contributed by atoms with Gasteiger partial charge in [-0.25, -0.2) is 9.97 Å². The minimum absolute atomic E-state index is 0.717. The third-order valence-electron chi connectivity index (χ3n) is 9.63. The maximum Gasteiger partial charge on any atom is 0.160 e. The van der Waals surface area contributed by atoms with Gasteiger partial charge in [0.25, 0.3) is 0 Å². The number of aromatic nitrogens is 3. The number of benzene rings is 7. The summed E-state index contributed by atoms with van der Waals surface area (Å²) in [6.45, 7) is 0. The van der Waals surface area contributed by atoms with Crippen LogP contribution >= 0.6 is 11.3 Å². The molecule has 50 heavy (non-hydrogen) atoms. The van der Waals surface area contributed by atoms with Crippen molar-refractivity contribution < 1.29 is 0 Å². The van der Waals surface area contributed by atoms with Crippen molar-refractivity contribution in [3.63, 3.8) is 0 Å². The smallest absolute Gasteiger partial charge is 0.160 e. The zero-order valence-electron chi connectivity index (χ0n) is 27.0. The van der Waals surface area contributed by atoms with Gasteiger partial charge in [-0.05, 0) is 47.5 Å². The minimum atomic E-state index is 0.717. The molecule has 0 radical (unpaired) electrons. The van der Waals surface area contributed by atoms with Crippen LogP contribution in [0.4, 0.5) is 0 Å². The molecule has 3 nitrogen and oxygen atoms in total. The Morgan fingerprint density at radius 2 is 0.980 bits per heavy atom. The second-order valence-corrected chi connectivity index (χ2v) is 13.7. The molecule has 234 valence electrons.